The number of carbonyl (C=O) groups is 2. The van der Waals surface area contributed by atoms with Gasteiger partial charge in [-0.05, 0) is 75.3 Å². The number of halogens is 3. The van der Waals surface area contributed by atoms with Gasteiger partial charge in [0.05, 0.1) is 4.47 Å². The minimum absolute atomic E-state index is 0.0641. The Morgan fingerprint density at radius 3 is 2.60 bits per heavy atom. The fourth-order valence-electron chi connectivity index (χ4n) is 2.50. The van der Waals surface area contributed by atoms with E-state index in [9.17, 15) is 9.59 Å². The number of hydrogen-bond donors (Lipinski definition) is 3. The lowest BCUT2D eigenvalue weighted by Gasteiger charge is -2.13. The van der Waals surface area contributed by atoms with Gasteiger partial charge in [-0.3, -0.25) is 25.8 Å². The lowest BCUT2D eigenvalue weighted by molar-refractivity contribution is -0.123. The Morgan fingerprint density at radius 1 is 1.03 bits per heavy atom. The highest BCUT2D eigenvalue weighted by Crippen LogP contribution is 2.34. The van der Waals surface area contributed by atoms with Crippen LogP contribution in [0.2, 0.25) is 5.02 Å². The molecule has 3 N–H and O–H groups in total. The van der Waals surface area contributed by atoms with E-state index in [1.54, 1.807) is 24.3 Å². The first kappa shape index (κ1) is 22.5. The molecule has 0 heterocycles. The maximum Gasteiger partial charge on any atom is 0.276 e. The van der Waals surface area contributed by atoms with Gasteiger partial charge in [-0.1, -0.05) is 45.7 Å². The first-order valence-electron chi connectivity index (χ1n) is 8.50. The van der Waals surface area contributed by atoms with Gasteiger partial charge in [0.2, 0.25) is 0 Å². The average molecular weight is 572 g/mol. The zero-order chi connectivity index (χ0) is 21.7. The maximum absolute atomic E-state index is 12.1. The van der Waals surface area contributed by atoms with E-state index >= 15 is 0 Å². The Bertz CT molecular complexity index is 1140. The second-order valence-electron chi connectivity index (χ2n) is 6.00. The minimum Gasteiger partial charge on any atom is -0.483 e. The molecule has 30 heavy (non-hydrogen) atoms. The maximum atomic E-state index is 12.1. The fourth-order valence-corrected chi connectivity index (χ4v) is 3.82. The van der Waals surface area contributed by atoms with Gasteiger partial charge in [0.15, 0.2) is 11.7 Å². The van der Waals surface area contributed by atoms with Crippen molar-refractivity contribution in [3.63, 3.8) is 0 Å². The molecule has 3 aromatic rings. The predicted octanol–water partition coefficient (Wildman–Crippen LogP) is 4.73. The van der Waals surface area contributed by atoms with E-state index in [2.05, 4.69) is 48.0 Å². The van der Waals surface area contributed by atoms with Crippen LogP contribution < -0.4 is 20.9 Å². The van der Waals surface area contributed by atoms with Crippen molar-refractivity contribution in [2.45, 2.75) is 0 Å². The van der Waals surface area contributed by atoms with Crippen LogP contribution in [0, 0.1) is 0 Å². The number of thiocarbonyl (C=S) groups is 1. The van der Waals surface area contributed by atoms with Crippen molar-refractivity contribution in [2.24, 2.45) is 0 Å². The zero-order valence-corrected chi connectivity index (χ0v) is 19.9. The van der Waals surface area contributed by atoms with Crippen LogP contribution in [0.4, 0.5) is 0 Å². The Labute approximate surface area is 199 Å². The molecule has 6 nitrogen and oxygen atoms in total. The quantitative estimate of drug-likeness (QED) is 0.312. The Morgan fingerprint density at radius 2 is 1.83 bits per heavy atom. The summed E-state index contributed by atoms with van der Waals surface area (Å²) in [5, 5.41) is 4.79. The Hall–Kier alpha value is -2.20. The first-order valence-corrected chi connectivity index (χ1v) is 10.9. The molecular formula is C20H14Br2ClN3O3S. The molecule has 10 heteroatoms. The largest absolute Gasteiger partial charge is 0.483 e. The van der Waals surface area contributed by atoms with Crippen molar-refractivity contribution in [1.82, 2.24) is 16.2 Å². The van der Waals surface area contributed by atoms with E-state index in [1.165, 1.54) is 6.07 Å². The summed E-state index contributed by atoms with van der Waals surface area (Å²) in [6.45, 7) is -0.252. The smallest absolute Gasteiger partial charge is 0.276 e. The second-order valence-corrected chi connectivity index (χ2v) is 8.55. The highest BCUT2D eigenvalue weighted by molar-refractivity contribution is 9.11. The molecule has 3 aromatic carbocycles. The van der Waals surface area contributed by atoms with Gasteiger partial charge in [0.1, 0.15) is 5.75 Å². The van der Waals surface area contributed by atoms with Gasteiger partial charge in [0, 0.05) is 15.1 Å². The SMILES string of the molecule is O=C(COc1ccc2cc(Br)ccc2c1Br)NNC(=S)NC(=O)c1cccc(Cl)c1. The van der Waals surface area contributed by atoms with E-state index in [0.717, 1.165) is 19.7 Å². The van der Waals surface area contributed by atoms with Gasteiger partial charge >= 0.3 is 0 Å². The normalized spacial score (nSPS) is 10.4. The van der Waals surface area contributed by atoms with Crippen molar-refractivity contribution >= 4 is 83.4 Å². The van der Waals surface area contributed by atoms with Crippen molar-refractivity contribution in [2.75, 3.05) is 6.61 Å². The molecule has 0 saturated heterocycles. The van der Waals surface area contributed by atoms with Crippen LogP contribution >= 0.6 is 55.7 Å². The van der Waals surface area contributed by atoms with Crippen LogP contribution in [0.5, 0.6) is 5.75 Å². The molecule has 0 unspecified atom stereocenters. The third-order valence-electron chi connectivity index (χ3n) is 3.87. The molecule has 0 aliphatic carbocycles. The molecule has 0 fully saturated rings. The lowest BCUT2D eigenvalue weighted by atomic mass is 10.1. The molecule has 154 valence electrons. The van der Waals surface area contributed by atoms with Crippen molar-refractivity contribution in [1.29, 1.82) is 0 Å². The zero-order valence-electron chi connectivity index (χ0n) is 15.2. The molecular weight excluding hydrogens is 558 g/mol. The van der Waals surface area contributed by atoms with Crippen LogP contribution in [0.15, 0.2) is 63.5 Å². The fraction of sp³-hybridized carbons (Fsp3) is 0.0500. The molecule has 3 rings (SSSR count). The van der Waals surface area contributed by atoms with Crippen LogP contribution in [-0.4, -0.2) is 23.5 Å². The summed E-state index contributed by atoms with van der Waals surface area (Å²) in [5.74, 6) is -0.402. The molecule has 0 bridgehead atoms. The van der Waals surface area contributed by atoms with Crippen LogP contribution in [-0.2, 0) is 4.79 Å². The molecule has 0 aromatic heterocycles. The second kappa shape index (κ2) is 10.2. The Kier molecular flexibility index (Phi) is 7.65. The topological polar surface area (TPSA) is 79.5 Å². The highest BCUT2D eigenvalue weighted by atomic mass is 79.9. The van der Waals surface area contributed by atoms with Gasteiger partial charge in [0.25, 0.3) is 11.8 Å². The van der Waals surface area contributed by atoms with Crippen molar-refractivity contribution in [3.8, 4) is 5.75 Å². The summed E-state index contributed by atoms with van der Waals surface area (Å²) in [4.78, 5) is 24.1. The number of nitrogens with one attached hydrogen (secondary N) is 3. The van der Waals surface area contributed by atoms with E-state index < -0.39 is 11.8 Å². The molecule has 0 spiro atoms. The van der Waals surface area contributed by atoms with Crippen molar-refractivity contribution in [3.05, 3.63) is 74.1 Å². The standard InChI is InChI=1S/C20H14Br2ClN3O3S/c21-13-5-6-15-11(8-13)4-7-16(18(15)22)29-10-17(27)25-26-20(30)24-19(28)12-2-1-3-14(23)9-12/h1-9H,10H2,(H,25,27)(H2,24,26,28,30). The van der Waals surface area contributed by atoms with E-state index in [0.29, 0.717) is 16.3 Å². The summed E-state index contributed by atoms with van der Waals surface area (Å²) < 4.78 is 7.30. The minimum atomic E-state index is -0.475. The average Bonchev–Trinajstić information content (AvgIpc) is 2.71. The summed E-state index contributed by atoms with van der Waals surface area (Å²) in [6, 6.07) is 15.9. The van der Waals surface area contributed by atoms with E-state index in [1.807, 2.05) is 24.3 Å². The third-order valence-corrected chi connectivity index (χ3v) is 5.62. The van der Waals surface area contributed by atoms with Gasteiger partial charge in [-0.15, -0.1) is 0 Å². The lowest BCUT2D eigenvalue weighted by Crippen LogP contribution is -2.49. The molecule has 0 aliphatic rings. The highest BCUT2D eigenvalue weighted by Gasteiger charge is 2.11. The number of benzene rings is 3. The summed E-state index contributed by atoms with van der Waals surface area (Å²) in [6.07, 6.45) is 0. The number of carbonyl (C=O) groups excluding carboxylic acids is 2. The molecule has 0 saturated carbocycles. The van der Waals surface area contributed by atoms with Crippen LogP contribution in [0.1, 0.15) is 10.4 Å². The third kappa shape index (κ3) is 5.91. The molecule has 2 amide bonds. The van der Waals surface area contributed by atoms with Gasteiger partial charge in [-0.25, -0.2) is 0 Å². The van der Waals surface area contributed by atoms with Crippen LogP contribution in [0.25, 0.3) is 10.8 Å². The monoisotopic (exact) mass is 569 g/mol. The number of fused-ring (bicyclic) bond motifs is 1. The number of rotatable bonds is 4. The van der Waals surface area contributed by atoms with Crippen LogP contribution in [0.3, 0.4) is 0 Å². The number of hydrogen-bond acceptors (Lipinski definition) is 4. The molecule has 0 atom stereocenters. The summed E-state index contributed by atoms with van der Waals surface area (Å²) in [5.41, 5.74) is 5.16. The first-order chi connectivity index (χ1) is 14.3. The number of hydrazine groups is 1. The number of amides is 2. The number of ether oxygens (including phenoxy) is 1. The molecule has 0 aliphatic heterocycles. The van der Waals surface area contributed by atoms with Gasteiger partial charge < -0.3 is 4.74 Å². The Balaban J connectivity index is 1.49. The van der Waals surface area contributed by atoms with E-state index in [-0.39, 0.29) is 11.7 Å². The summed E-state index contributed by atoms with van der Waals surface area (Å²) in [7, 11) is 0. The van der Waals surface area contributed by atoms with E-state index in [4.69, 9.17) is 28.6 Å². The van der Waals surface area contributed by atoms with Crippen molar-refractivity contribution < 1.29 is 14.3 Å². The van der Waals surface area contributed by atoms with Gasteiger partial charge in [-0.2, -0.15) is 0 Å². The summed E-state index contributed by atoms with van der Waals surface area (Å²) >= 11 is 17.8. The molecule has 0 radical (unpaired) electrons. The predicted molar refractivity (Wildman–Crippen MR) is 128 cm³/mol.